The van der Waals surface area contributed by atoms with Crippen molar-refractivity contribution in [1.29, 1.82) is 0 Å². The summed E-state index contributed by atoms with van der Waals surface area (Å²) in [6.45, 7) is 4.12. The molecule has 2 rings (SSSR count). The van der Waals surface area contributed by atoms with Crippen LogP contribution in [-0.2, 0) is 4.79 Å². The fourth-order valence-corrected chi connectivity index (χ4v) is 1.74. The lowest BCUT2D eigenvalue weighted by Crippen LogP contribution is -2.60. The molecular weight excluding hydrogens is 236 g/mol. The van der Waals surface area contributed by atoms with Crippen molar-refractivity contribution in [3.63, 3.8) is 0 Å². The molecule has 0 saturated carbocycles. The van der Waals surface area contributed by atoms with Gasteiger partial charge in [0.1, 0.15) is 0 Å². The van der Waals surface area contributed by atoms with Gasteiger partial charge in [0.15, 0.2) is 5.69 Å². The van der Waals surface area contributed by atoms with Crippen molar-refractivity contribution in [2.75, 3.05) is 13.1 Å². The number of amides is 2. The third-order valence-corrected chi connectivity index (χ3v) is 2.80. The summed E-state index contributed by atoms with van der Waals surface area (Å²) in [4.78, 5) is 35.9. The first-order valence-corrected chi connectivity index (χ1v) is 5.60. The zero-order chi connectivity index (χ0) is 13.3. The molecule has 2 amide bonds. The fourth-order valence-electron chi connectivity index (χ4n) is 1.74. The highest BCUT2D eigenvalue weighted by Crippen LogP contribution is 2.07. The highest BCUT2D eigenvalue weighted by Gasteiger charge is 2.30. The normalized spacial score (nSPS) is 15.1. The average Bonchev–Trinajstić information content (AvgIpc) is 2.21. The van der Waals surface area contributed by atoms with Crippen molar-refractivity contribution < 1.29 is 9.59 Å². The third-order valence-electron chi connectivity index (χ3n) is 2.80. The topological polar surface area (TPSA) is 95.2 Å². The Kier molecular flexibility index (Phi) is 3.14. The number of nitrogens with zero attached hydrogens (tertiary/aromatic N) is 2. The molecule has 0 unspecified atom stereocenters. The number of carbonyl (C=O) groups excluding carboxylic acids is 2. The maximum Gasteiger partial charge on any atom is 0.276 e. The number of aryl methyl sites for hydroxylation is 1. The third kappa shape index (κ3) is 2.39. The van der Waals surface area contributed by atoms with E-state index in [-0.39, 0.29) is 17.6 Å². The van der Waals surface area contributed by atoms with E-state index < -0.39 is 11.3 Å². The van der Waals surface area contributed by atoms with Gasteiger partial charge in [-0.05, 0) is 6.92 Å². The Bertz CT molecular complexity index is 545. The SMILES string of the molecule is CC(=O)N1CC(NC(=O)c2n[nH]c(C)cc2=O)C1. The summed E-state index contributed by atoms with van der Waals surface area (Å²) in [6.07, 6.45) is 0. The number of aromatic nitrogens is 2. The van der Waals surface area contributed by atoms with E-state index in [0.29, 0.717) is 18.8 Å². The number of rotatable bonds is 2. The van der Waals surface area contributed by atoms with Crippen LogP contribution in [0.3, 0.4) is 0 Å². The molecule has 1 aromatic rings. The number of H-pyrrole nitrogens is 1. The van der Waals surface area contributed by atoms with Crippen LogP contribution in [0.1, 0.15) is 23.1 Å². The van der Waals surface area contributed by atoms with Crippen LogP contribution in [0.15, 0.2) is 10.9 Å². The molecule has 0 aliphatic carbocycles. The minimum atomic E-state index is -0.510. The molecule has 1 aliphatic heterocycles. The standard InChI is InChI=1S/C11H14N4O3/c1-6-3-9(17)10(14-13-6)11(18)12-8-4-15(5-8)7(2)16/h3,8H,4-5H2,1-2H3,(H,12,18)(H,13,17). The van der Waals surface area contributed by atoms with E-state index in [2.05, 4.69) is 15.5 Å². The van der Waals surface area contributed by atoms with E-state index in [9.17, 15) is 14.4 Å². The van der Waals surface area contributed by atoms with Crippen LogP contribution in [0.25, 0.3) is 0 Å². The highest BCUT2D eigenvalue weighted by molar-refractivity contribution is 5.92. The van der Waals surface area contributed by atoms with Gasteiger partial charge in [0.2, 0.25) is 11.3 Å². The molecule has 0 atom stereocenters. The maximum atomic E-state index is 11.8. The van der Waals surface area contributed by atoms with E-state index in [0.717, 1.165) is 0 Å². The van der Waals surface area contributed by atoms with Gasteiger partial charge in [0.25, 0.3) is 5.91 Å². The molecule has 1 aliphatic rings. The zero-order valence-corrected chi connectivity index (χ0v) is 10.2. The Morgan fingerprint density at radius 2 is 2.17 bits per heavy atom. The van der Waals surface area contributed by atoms with E-state index in [1.165, 1.54) is 13.0 Å². The number of hydrogen-bond acceptors (Lipinski definition) is 4. The molecule has 1 saturated heterocycles. The molecule has 96 valence electrons. The van der Waals surface area contributed by atoms with Gasteiger partial charge in [-0.2, -0.15) is 5.10 Å². The Hall–Kier alpha value is -2.18. The quantitative estimate of drug-likeness (QED) is 0.706. The van der Waals surface area contributed by atoms with Gasteiger partial charge < -0.3 is 10.2 Å². The van der Waals surface area contributed by atoms with Crippen LogP contribution in [0.4, 0.5) is 0 Å². The van der Waals surface area contributed by atoms with Crippen molar-refractivity contribution >= 4 is 11.8 Å². The van der Waals surface area contributed by atoms with E-state index in [1.54, 1.807) is 11.8 Å². The first kappa shape index (κ1) is 12.3. The second kappa shape index (κ2) is 4.59. The lowest BCUT2D eigenvalue weighted by Gasteiger charge is -2.38. The van der Waals surface area contributed by atoms with Crippen LogP contribution in [0.5, 0.6) is 0 Å². The second-order valence-corrected chi connectivity index (χ2v) is 4.36. The minimum absolute atomic E-state index is 0.0215. The molecule has 2 N–H and O–H groups in total. The number of hydrogen-bond donors (Lipinski definition) is 2. The molecular formula is C11H14N4O3. The Labute approximate surface area is 103 Å². The highest BCUT2D eigenvalue weighted by atomic mass is 16.2. The number of aromatic amines is 1. The van der Waals surface area contributed by atoms with Gasteiger partial charge >= 0.3 is 0 Å². The number of likely N-dealkylation sites (tertiary alicyclic amines) is 1. The molecule has 2 heterocycles. The lowest BCUT2D eigenvalue weighted by atomic mass is 10.1. The molecule has 1 aromatic heterocycles. The van der Waals surface area contributed by atoms with Crippen molar-refractivity contribution in [2.24, 2.45) is 0 Å². The number of nitrogens with one attached hydrogen (secondary N) is 2. The zero-order valence-electron chi connectivity index (χ0n) is 10.2. The van der Waals surface area contributed by atoms with Crippen LogP contribution in [0.2, 0.25) is 0 Å². The minimum Gasteiger partial charge on any atom is -0.344 e. The summed E-state index contributed by atoms with van der Waals surface area (Å²) >= 11 is 0. The van der Waals surface area contributed by atoms with E-state index in [4.69, 9.17) is 0 Å². The smallest absolute Gasteiger partial charge is 0.276 e. The molecule has 1 fully saturated rings. The van der Waals surface area contributed by atoms with Crippen LogP contribution in [0, 0.1) is 6.92 Å². The Morgan fingerprint density at radius 1 is 1.50 bits per heavy atom. The first-order chi connectivity index (χ1) is 8.47. The predicted molar refractivity (Wildman–Crippen MR) is 63.1 cm³/mol. The molecule has 0 spiro atoms. The molecule has 0 radical (unpaired) electrons. The Balaban J connectivity index is 1.97. The van der Waals surface area contributed by atoms with Gasteiger partial charge in [-0.3, -0.25) is 19.5 Å². The summed E-state index contributed by atoms with van der Waals surface area (Å²) in [5.41, 5.74) is 0.0383. The largest absolute Gasteiger partial charge is 0.344 e. The van der Waals surface area contributed by atoms with E-state index in [1.807, 2.05) is 0 Å². The molecule has 7 heteroatoms. The molecule has 0 bridgehead atoms. The average molecular weight is 250 g/mol. The first-order valence-electron chi connectivity index (χ1n) is 5.60. The summed E-state index contributed by atoms with van der Waals surface area (Å²) in [7, 11) is 0. The summed E-state index contributed by atoms with van der Waals surface area (Å²) in [6, 6.07) is 1.22. The van der Waals surface area contributed by atoms with E-state index >= 15 is 0 Å². The lowest BCUT2D eigenvalue weighted by molar-refractivity contribution is -0.133. The van der Waals surface area contributed by atoms with Crippen molar-refractivity contribution in [2.45, 2.75) is 19.9 Å². The van der Waals surface area contributed by atoms with Crippen molar-refractivity contribution in [3.8, 4) is 0 Å². The summed E-state index contributed by atoms with van der Waals surface area (Å²) < 4.78 is 0. The monoisotopic (exact) mass is 250 g/mol. The summed E-state index contributed by atoms with van der Waals surface area (Å²) in [5.74, 6) is -0.531. The van der Waals surface area contributed by atoms with Crippen LogP contribution >= 0.6 is 0 Å². The van der Waals surface area contributed by atoms with Gasteiger partial charge in [-0.1, -0.05) is 0 Å². The molecule has 0 aromatic carbocycles. The van der Waals surface area contributed by atoms with Gasteiger partial charge in [0, 0.05) is 31.8 Å². The summed E-state index contributed by atoms with van der Waals surface area (Å²) in [5, 5.41) is 8.96. The van der Waals surface area contributed by atoms with Gasteiger partial charge in [0.05, 0.1) is 6.04 Å². The molecule has 7 nitrogen and oxygen atoms in total. The van der Waals surface area contributed by atoms with Crippen molar-refractivity contribution in [1.82, 2.24) is 20.4 Å². The predicted octanol–water partition coefficient (Wildman–Crippen LogP) is -0.961. The van der Waals surface area contributed by atoms with Gasteiger partial charge in [-0.25, -0.2) is 0 Å². The molecule has 18 heavy (non-hydrogen) atoms. The van der Waals surface area contributed by atoms with Crippen molar-refractivity contribution in [3.05, 3.63) is 27.7 Å². The van der Waals surface area contributed by atoms with Gasteiger partial charge in [-0.15, -0.1) is 0 Å². The second-order valence-electron chi connectivity index (χ2n) is 4.36. The fraction of sp³-hybridized carbons (Fsp3) is 0.455. The van der Waals surface area contributed by atoms with Crippen LogP contribution in [-0.4, -0.2) is 46.0 Å². The van der Waals surface area contributed by atoms with Crippen LogP contribution < -0.4 is 10.7 Å². The Morgan fingerprint density at radius 3 is 2.72 bits per heavy atom. The maximum absolute atomic E-state index is 11.8. The number of carbonyl (C=O) groups is 2.